The van der Waals surface area contributed by atoms with Gasteiger partial charge in [0, 0.05) is 0 Å². The van der Waals surface area contributed by atoms with Gasteiger partial charge in [0.05, 0.1) is 6.54 Å². The van der Waals surface area contributed by atoms with E-state index >= 15 is 0 Å². The third kappa shape index (κ3) is 3.12. The first-order valence-corrected chi connectivity index (χ1v) is 8.89. The van der Waals surface area contributed by atoms with Crippen LogP contribution in [-0.4, -0.2) is 30.0 Å². The molecule has 1 atom stereocenters. The van der Waals surface area contributed by atoms with Crippen molar-refractivity contribution < 1.29 is 14.3 Å². The molecule has 0 aliphatic carbocycles. The lowest BCUT2D eigenvalue weighted by Gasteiger charge is -2.22. The SMILES string of the molecule is C[C@@]1(c2ccc3ccccc3c2)NC(=O)N(CCOc2ccccc2)C1=O. The Morgan fingerprint density at radius 1 is 0.926 bits per heavy atom. The number of para-hydroxylation sites is 1. The third-order valence-corrected chi connectivity index (χ3v) is 4.93. The minimum atomic E-state index is -1.08. The predicted octanol–water partition coefficient (Wildman–Crippen LogP) is 3.69. The molecule has 4 rings (SSSR count). The molecular weight excluding hydrogens is 340 g/mol. The van der Waals surface area contributed by atoms with E-state index in [9.17, 15) is 9.59 Å². The standard InChI is InChI=1S/C22H20N2O3/c1-22(18-12-11-16-7-5-6-8-17(16)15-18)20(25)24(21(26)23-22)13-14-27-19-9-3-2-4-10-19/h2-12,15H,13-14H2,1H3,(H,23,26)/t22-/m0/s1. The fraction of sp³-hybridized carbons (Fsp3) is 0.182. The number of carbonyl (C=O) groups is 2. The zero-order valence-electron chi connectivity index (χ0n) is 15.0. The van der Waals surface area contributed by atoms with Crippen LogP contribution in [0.4, 0.5) is 4.79 Å². The number of fused-ring (bicyclic) bond motifs is 1. The minimum Gasteiger partial charge on any atom is -0.492 e. The smallest absolute Gasteiger partial charge is 0.325 e. The molecule has 1 aliphatic heterocycles. The summed E-state index contributed by atoms with van der Waals surface area (Å²) in [6.07, 6.45) is 0. The van der Waals surface area contributed by atoms with Crippen LogP contribution in [0.25, 0.3) is 10.8 Å². The van der Waals surface area contributed by atoms with Gasteiger partial charge in [0.2, 0.25) is 0 Å². The molecule has 1 saturated heterocycles. The van der Waals surface area contributed by atoms with Gasteiger partial charge >= 0.3 is 6.03 Å². The fourth-order valence-electron chi connectivity index (χ4n) is 3.37. The van der Waals surface area contributed by atoms with Gasteiger partial charge in [-0.25, -0.2) is 4.79 Å². The maximum absolute atomic E-state index is 13.0. The average Bonchev–Trinajstić information content (AvgIpc) is 2.92. The third-order valence-electron chi connectivity index (χ3n) is 4.93. The highest BCUT2D eigenvalue weighted by Crippen LogP contribution is 2.30. The number of urea groups is 1. The van der Waals surface area contributed by atoms with E-state index in [1.165, 1.54) is 4.90 Å². The van der Waals surface area contributed by atoms with Crippen LogP contribution in [0.3, 0.4) is 0 Å². The number of rotatable bonds is 5. The lowest BCUT2D eigenvalue weighted by molar-refractivity contribution is -0.131. The summed E-state index contributed by atoms with van der Waals surface area (Å²) in [5, 5.41) is 4.97. The van der Waals surface area contributed by atoms with Crippen molar-refractivity contribution >= 4 is 22.7 Å². The summed E-state index contributed by atoms with van der Waals surface area (Å²) in [6.45, 7) is 2.19. The minimum absolute atomic E-state index is 0.197. The molecule has 1 fully saturated rings. The van der Waals surface area contributed by atoms with E-state index in [0.717, 1.165) is 16.3 Å². The number of ether oxygens (including phenoxy) is 1. The summed E-state index contributed by atoms with van der Waals surface area (Å²) in [7, 11) is 0. The molecule has 1 heterocycles. The molecular formula is C22H20N2O3. The largest absolute Gasteiger partial charge is 0.492 e. The lowest BCUT2D eigenvalue weighted by Crippen LogP contribution is -2.41. The fourth-order valence-corrected chi connectivity index (χ4v) is 3.37. The van der Waals surface area contributed by atoms with Crippen molar-refractivity contribution in [3.05, 3.63) is 78.4 Å². The second kappa shape index (κ2) is 6.76. The monoisotopic (exact) mass is 360 g/mol. The van der Waals surface area contributed by atoms with E-state index in [-0.39, 0.29) is 19.1 Å². The van der Waals surface area contributed by atoms with Crippen molar-refractivity contribution in [3.8, 4) is 5.75 Å². The molecule has 3 aromatic rings. The maximum atomic E-state index is 13.0. The Balaban J connectivity index is 1.52. The van der Waals surface area contributed by atoms with Gasteiger partial charge in [0.15, 0.2) is 0 Å². The first-order valence-electron chi connectivity index (χ1n) is 8.89. The first-order chi connectivity index (χ1) is 13.1. The molecule has 3 aromatic carbocycles. The number of benzene rings is 3. The van der Waals surface area contributed by atoms with Crippen LogP contribution in [0.5, 0.6) is 5.75 Å². The second-order valence-corrected chi connectivity index (χ2v) is 6.74. The number of imide groups is 1. The highest BCUT2D eigenvalue weighted by atomic mass is 16.5. The zero-order chi connectivity index (χ0) is 18.9. The molecule has 0 saturated carbocycles. The molecule has 5 nitrogen and oxygen atoms in total. The number of amides is 3. The lowest BCUT2D eigenvalue weighted by atomic mass is 9.90. The van der Waals surface area contributed by atoms with Crippen LogP contribution < -0.4 is 10.1 Å². The van der Waals surface area contributed by atoms with Crippen molar-refractivity contribution in [3.63, 3.8) is 0 Å². The Bertz CT molecular complexity index is 1000. The summed E-state index contributed by atoms with van der Waals surface area (Å²) in [6, 6.07) is 22.7. The number of nitrogens with one attached hydrogen (secondary N) is 1. The number of hydrogen-bond acceptors (Lipinski definition) is 3. The zero-order valence-corrected chi connectivity index (χ0v) is 15.0. The molecule has 1 N–H and O–H groups in total. The Kier molecular flexibility index (Phi) is 4.28. The second-order valence-electron chi connectivity index (χ2n) is 6.74. The molecule has 136 valence electrons. The molecule has 27 heavy (non-hydrogen) atoms. The van der Waals surface area contributed by atoms with E-state index in [1.54, 1.807) is 6.92 Å². The first kappa shape index (κ1) is 17.1. The van der Waals surface area contributed by atoms with E-state index in [0.29, 0.717) is 5.75 Å². The number of hydrogen-bond donors (Lipinski definition) is 1. The summed E-state index contributed by atoms with van der Waals surface area (Å²) >= 11 is 0. The van der Waals surface area contributed by atoms with Crippen molar-refractivity contribution in [1.29, 1.82) is 0 Å². The van der Waals surface area contributed by atoms with Crippen LogP contribution in [0.15, 0.2) is 72.8 Å². The van der Waals surface area contributed by atoms with Crippen molar-refractivity contribution in [2.45, 2.75) is 12.5 Å². The van der Waals surface area contributed by atoms with Gasteiger partial charge < -0.3 is 10.1 Å². The Labute approximate surface area is 157 Å². The summed E-state index contributed by atoms with van der Waals surface area (Å²) in [5.74, 6) is 0.446. The highest BCUT2D eigenvalue weighted by molar-refractivity contribution is 6.07. The highest BCUT2D eigenvalue weighted by Gasteiger charge is 2.48. The van der Waals surface area contributed by atoms with Crippen LogP contribution in [0, 0.1) is 0 Å². The van der Waals surface area contributed by atoms with Crippen molar-refractivity contribution in [1.82, 2.24) is 10.2 Å². The number of nitrogens with zero attached hydrogens (tertiary/aromatic N) is 1. The quantitative estimate of drug-likeness (QED) is 0.706. The van der Waals surface area contributed by atoms with Crippen LogP contribution >= 0.6 is 0 Å². The van der Waals surface area contributed by atoms with Gasteiger partial charge in [-0.1, -0.05) is 54.6 Å². The van der Waals surface area contributed by atoms with E-state index in [2.05, 4.69) is 5.32 Å². The molecule has 0 radical (unpaired) electrons. The summed E-state index contributed by atoms with van der Waals surface area (Å²) < 4.78 is 5.62. The predicted molar refractivity (Wildman–Crippen MR) is 103 cm³/mol. The van der Waals surface area contributed by atoms with Crippen LogP contribution in [0.2, 0.25) is 0 Å². The Morgan fingerprint density at radius 2 is 1.63 bits per heavy atom. The maximum Gasteiger partial charge on any atom is 0.325 e. The summed E-state index contributed by atoms with van der Waals surface area (Å²) in [4.78, 5) is 26.6. The van der Waals surface area contributed by atoms with Crippen molar-refractivity contribution in [2.24, 2.45) is 0 Å². The molecule has 3 amide bonds. The van der Waals surface area contributed by atoms with E-state index in [1.807, 2.05) is 72.8 Å². The number of carbonyl (C=O) groups excluding carboxylic acids is 2. The molecule has 1 aliphatic rings. The van der Waals surface area contributed by atoms with Gasteiger partial charge in [0.25, 0.3) is 5.91 Å². The van der Waals surface area contributed by atoms with Crippen molar-refractivity contribution in [2.75, 3.05) is 13.2 Å². The van der Waals surface area contributed by atoms with Crippen LogP contribution in [0.1, 0.15) is 12.5 Å². The van der Waals surface area contributed by atoms with Gasteiger partial charge in [-0.15, -0.1) is 0 Å². The Morgan fingerprint density at radius 3 is 2.41 bits per heavy atom. The van der Waals surface area contributed by atoms with Gasteiger partial charge in [-0.2, -0.15) is 0 Å². The summed E-state index contributed by atoms with van der Waals surface area (Å²) in [5.41, 5.74) is -0.306. The topological polar surface area (TPSA) is 58.6 Å². The average molecular weight is 360 g/mol. The van der Waals surface area contributed by atoms with E-state index < -0.39 is 11.6 Å². The van der Waals surface area contributed by atoms with E-state index in [4.69, 9.17) is 4.74 Å². The molecule has 0 unspecified atom stereocenters. The molecule has 0 aromatic heterocycles. The Hall–Kier alpha value is -3.34. The molecule has 0 bridgehead atoms. The normalized spacial score (nSPS) is 19.4. The van der Waals surface area contributed by atoms with Gasteiger partial charge in [-0.05, 0) is 41.5 Å². The molecule has 0 spiro atoms. The van der Waals surface area contributed by atoms with Crippen LogP contribution in [-0.2, 0) is 10.3 Å². The van der Waals surface area contributed by atoms with Gasteiger partial charge in [0.1, 0.15) is 17.9 Å². The van der Waals surface area contributed by atoms with Gasteiger partial charge in [-0.3, -0.25) is 9.69 Å². The molecule has 5 heteroatoms.